The van der Waals surface area contributed by atoms with Crippen molar-refractivity contribution in [3.63, 3.8) is 0 Å². The monoisotopic (exact) mass is 252 g/mol. The third-order valence-corrected chi connectivity index (χ3v) is 3.25. The fourth-order valence-electron chi connectivity index (χ4n) is 2.27. The van der Waals surface area contributed by atoms with Crippen molar-refractivity contribution in [1.82, 2.24) is 4.98 Å². The van der Waals surface area contributed by atoms with Gasteiger partial charge in [-0.2, -0.15) is 0 Å². The first kappa shape index (κ1) is 13.1. The Bertz CT molecular complexity index is 398. The van der Waals surface area contributed by atoms with Crippen molar-refractivity contribution in [3.05, 3.63) is 18.0 Å². The topological polar surface area (TPSA) is 66.6 Å². The number of aromatic nitrogens is 1. The van der Waals surface area contributed by atoms with Crippen molar-refractivity contribution in [2.24, 2.45) is 5.73 Å². The maximum absolute atomic E-state index is 5.86. The summed E-state index contributed by atoms with van der Waals surface area (Å²) in [5, 5.41) is 0. The Labute approximate surface area is 107 Å². The number of rotatable bonds is 5. The van der Waals surface area contributed by atoms with Crippen LogP contribution in [0.1, 0.15) is 25.0 Å². The van der Waals surface area contributed by atoms with Gasteiger partial charge in [0.15, 0.2) is 11.5 Å². The molecule has 18 heavy (non-hydrogen) atoms. The summed E-state index contributed by atoms with van der Waals surface area (Å²) in [6.07, 6.45) is 4.91. The molecule has 1 aromatic rings. The van der Waals surface area contributed by atoms with Crippen LogP contribution in [0.2, 0.25) is 0 Å². The molecule has 0 amide bonds. The fraction of sp³-hybridized carbons (Fsp3) is 0.615. The molecule has 2 rings (SSSR count). The normalized spacial score (nSPS) is 23.1. The summed E-state index contributed by atoms with van der Waals surface area (Å²) in [7, 11) is 3.22. The number of pyridine rings is 1. The highest BCUT2D eigenvalue weighted by molar-refractivity contribution is 5.42. The Morgan fingerprint density at radius 1 is 1.33 bits per heavy atom. The molecule has 0 saturated heterocycles. The van der Waals surface area contributed by atoms with Crippen molar-refractivity contribution in [1.29, 1.82) is 0 Å². The van der Waals surface area contributed by atoms with Gasteiger partial charge in [-0.1, -0.05) is 0 Å². The minimum Gasteiger partial charge on any atom is -0.493 e. The lowest BCUT2D eigenvalue weighted by molar-refractivity contribution is 0.0416. The predicted molar refractivity (Wildman–Crippen MR) is 67.7 cm³/mol. The highest BCUT2D eigenvalue weighted by Gasteiger charge is 2.23. The second kappa shape index (κ2) is 6.02. The molecular weight excluding hydrogens is 232 g/mol. The fourth-order valence-corrected chi connectivity index (χ4v) is 2.27. The lowest BCUT2D eigenvalue weighted by Crippen LogP contribution is -2.17. The van der Waals surface area contributed by atoms with Gasteiger partial charge in [0.25, 0.3) is 0 Å². The van der Waals surface area contributed by atoms with E-state index < -0.39 is 0 Å². The quantitative estimate of drug-likeness (QED) is 0.860. The van der Waals surface area contributed by atoms with E-state index in [1.165, 1.54) is 0 Å². The molecule has 1 aromatic heterocycles. The highest BCUT2D eigenvalue weighted by atomic mass is 16.5. The third kappa shape index (κ3) is 2.91. The molecule has 0 spiro atoms. The van der Waals surface area contributed by atoms with E-state index in [0.29, 0.717) is 18.1 Å². The first-order valence-corrected chi connectivity index (χ1v) is 6.17. The first-order valence-electron chi connectivity index (χ1n) is 6.17. The van der Waals surface area contributed by atoms with E-state index in [0.717, 1.165) is 25.0 Å². The summed E-state index contributed by atoms with van der Waals surface area (Å²) in [6, 6.07) is 2.04. The van der Waals surface area contributed by atoms with Crippen LogP contribution in [-0.2, 0) is 11.3 Å². The first-order chi connectivity index (χ1) is 8.74. The number of hydrogen-bond acceptors (Lipinski definition) is 5. The Hall–Kier alpha value is -1.33. The van der Waals surface area contributed by atoms with Gasteiger partial charge in [0, 0.05) is 18.3 Å². The summed E-state index contributed by atoms with van der Waals surface area (Å²) in [4.78, 5) is 4.28. The van der Waals surface area contributed by atoms with E-state index in [9.17, 15) is 0 Å². The van der Waals surface area contributed by atoms with Crippen LogP contribution in [0.15, 0.2) is 12.3 Å². The molecule has 0 radical (unpaired) electrons. The van der Waals surface area contributed by atoms with Crippen molar-refractivity contribution >= 4 is 0 Å². The van der Waals surface area contributed by atoms with Gasteiger partial charge in [-0.3, -0.25) is 4.98 Å². The van der Waals surface area contributed by atoms with Crippen molar-refractivity contribution in [2.75, 3.05) is 14.2 Å². The molecule has 1 saturated carbocycles. The lowest BCUT2D eigenvalue weighted by atomic mass is 10.2. The summed E-state index contributed by atoms with van der Waals surface area (Å²) in [5.74, 6) is 1.32. The van der Waals surface area contributed by atoms with Crippen LogP contribution < -0.4 is 15.2 Å². The van der Waals surface area contributed by atoms with E-state index >= 15 is 0 Å². The zero-order chi connectivity index (χ0) is 13.0. The Kier molecular flexibility index (Phi) is 4.38. The lowest BCUT2D eigenvalue weighted by Gasteiger charge is -2.14. The highest BCUT2D eigenvalue weighted by Crippen LogP contribution is 2.30. The van der Waals surface area contributed by atoms with Crippen LogP contribution in [0, 0.1) is 0 Å². The average molecular weight is 252 g/mol. The minimum atomic E-state index is 0.234. The molecule has 2 atom stereocenters. The number of ether oxygens (including phenoxy) is 3. The van der Waals surface area contributed by atoms with Crippen LogP contribution in [0.25, 0.3) is 0 Å². The second-order valence-electron chi connectivity index (χ2n) is 4.50. The third-order valence-electron chi connectivity index (χ3n) is 3.25. The van der Waals surface area contributed by atoms with E-state index in [1.54, 1.807) is 26.5 Å². The molecule has 5 heteroatoms. The molecule has 1 heterocycles. The Balaban J connectivity index is 2.00. The van der Waals surface area contributed by atoms with Crippen molar-refractivity contribution < 1.29 is 14.2 Å². The van der Waals surface area contributed by atoms with Gasteiger partial charge < -0.3 is 19.9 Å². The molecule has 0 aromatic carbocycles. The van der Waals surface area contributed by atoms with Gasteiger partial charge in [0.2, 0.25) is 0 Å². The Morgan fingerprint density at radius 3 is 2.78 bits per heavy atom. The summed E-state index contributed by atoms with van der Waals surface area (Å²) >= 11 is 0. The standard InChI is InChI=1S/C13H20N2O3/c1-16-12-5-6-15-11(13(12)17-2)8-18-10-4-3-9(14)7-10/h5-6,9-10H,3-4,7-8,14H2,1-2H3. The van der Waals surface area contributed by atoms with E-state index in [1.807, 2.05) is 0 Å². The van der Waals surface area contributed by atoms with Crippen molar-refractivity contribution in [3.8, 4) is 11.5 Å². The summed E-state index contributed by atoms with van der Waals surface area (Å²) in [6.45, 7) is 0.428. The van der Waals surface area contributed by atoms with Crippen LogP contribution in [0.3, 0.4) is 0 Å². The maximum atomic E-state index is 5.86. The molecule has 0 bridgehead atoms. The number of hydrogen-bond donors (Lipinski definition) is 1. The molecule has 2 N–H and O–H groups in total. The summed E-state index contributed by atoms with van der Waals surface area (Å²) in [5.41, 5.74) is 6.62. The molecular formula is C13H20N2O3. The Morgan fingerprint density at radius 2 is 2.17 bits per heavy atom. The molecule has 2 unspecified atom stereocenters. The average Bonchev–Trinajstić information content (AvgIpc) is 2.81. The zero-order valence-corrected chi connectivity index (χ0v) is 10.9. The molecule has 1 aliphatic carbocycles. The van der Waals surface area contributed by atoms with E-state index in [2.05, 4.69) is 4.98 Å². The van der Waals surface area contributed by atoms with Gasteiger partial charge >= 0.3 is 0 Å². The molecule has 1 fully saturated rings. The van der Waals surface area contributed by atoms with Crippen LogP contribution in [0.5, 0.6) is 11.5 Å². The molecule has 100 valence electrons. The number of nitrogens with zero attached hydrogens (tertiary/aromatic N) is 1. The minimum absolute atomic E-state index is 0.234. The van der Waals surface area contributed by atoms with Gasteiger partial charge in [0.1, 0.15) is 5.69 Å². The smallest absolute Gasteiger partial charge is 0.184 e. The van der Waals surface area contributed by atoms with Gasteiger partial charge in [-0.25, -0.2) is 0 Å². The van der Waals surface area contributed by atoms with Gasteiger partial charge in [-0.15, -0.1) is 0 Å². The second-order valence-corrected chi connectivity index (χ2v) is 4.50. The SMILES string of the molecule is COc1ccnc(COC2CCC(N)C2)c1OC. The van der Waals surface area contributed by atoms with Crippen LogP contribution in [-0.4, -0.2) is 31.3 Å². The molecule has 5 nitrogen and oxygen atoms in total. The number of nitrogens with two attached hydrogens (primary N) is 1. The van der Waals surface area contributed by atoms with E-state index in [-0.39, 0.29) is 12.1 Å². The van der Waals surface area contributed by atoms with Gasteiger partial charge in [0.05, 0.1) is 26.9 Å². The van der Waals surface area contributed by atoms with Crippen LogP contribution >= 0.6 is 0 Å². The summed E-state index contributed by atoms with van der Waals surface area (Å²) < 4.78 is 16.4. The van der Waals surface area contributed by atoms with Crippen LogP contribution in [0.4, 0.5) is 0 Å². The predicted octanol–water partition coefficient (Wildman–Crippen LogP) is 1.50. The molecule has 1 aliphatic rings. The maximum Gasteiger partial charge on any atom is 0.184 e. The van der Waals surface area contributed by atoms with Crippen molar-refractivity contribution in [2.45, 2.75) is 38.0 Å². The largest absolute Gasteiger partial charge is 0.493 e. The van der Waals surface area contributed by atoms with E-state index in [4.69, 9.17) is 19.9 Å². The number of methoxy groups -OCH3 is 2. The zero-order valence-electron chi connectivity index (χ0n) is 10.9. The molecule has 0 aliphatic heterocycles. The van der Waals surface area contributed by atoms with Gasteiger partial charge in [-0.05, 0) is 19.3 Å².